The van der Waals surface area contributed by atoms with Gasteiger partial charge in [-0.05, 0) is 25.3 Å². The quantitative estimate of drug-likeness (QED) is 0.751. The summed E-state index contributed by atoms with van der Waals surface area (Å²) in [5, 5.41) is 0. The minimum absolute atomic E-state index is 0.0908. The molecule has 0 aromatic carbocycles. The standard InChI is InChI=1S/C13H26N2O3S/c1-2-3-12(6-7-14)4-5-13(16)15-8-10-19(17,18)11-9-15/h12H,2-11,14H2,1H3. The fourth-order valence-electron chi connectivity index (χ4n) is 2.52. The Morgan fingerprint density at radius 3 is 2.37 bits per heavy atom. The molecule has 112 valence electrons. The number of hydrogen-bond acceptors (Lipinski definition) is 4. The van der Waals surface area contributed by atoms with Gasteiger partial charge in [0.2, 0.25) is 5.91 Å². The van der Waals surface area contributed by atoms with Gasteiger partial charge in [-0.2, -0.15) is 0 Å². The van der Waals surface area contributed by atoms with Gasteiger partial charge in [-0.25, -0.2) is 8.42 Å². The van der Waals surface area contributed by atoms with Crippen molar-refractivity contribution in [2.75, 3.05) is 31.1 Å². The fraction of sp³-hybridized carbons (Fsp3) is 0.923. The third-order valence-electron chi connectivity index (χ3n) is 3.74. The van der Waals surface area contributed by atoms with E-state index in [0.29, 0.717) is 32.0 Å². The van der Waals surface area contributed by atoms with Crippen LogP contribution in [-0.4, -0.2) is 50.4 Å². The van der Waals surface area contributed by atoms with Crippen molar-refractivity contribution in [1.82, 2.24) is 4.90 Å². The van der Waals surface area contributed by atoms with Gasteiger partial charge in [-0.1, -0.05) is 19.8 Å². The van der Waals surface area contributed by atoms with Crippen LogP contribution in [-0.2, 0) is 14.6 Å². The Labute approximate surface area is 116 Å². The molecule has 0 aromatic heterocycles. The third-order valence-corrected chi connectivity index (χ3v) is 5.34. The van der Waals surface area contributed by atoms with E-state index in [2.05, 4.69) is 6.92 Å². The molecule has 1 heterocycles. The summed E-state index contributed by atoms with van der Waals surface area (Å²) >= 11 is 0. The maximum Gasteiger partial charge on any atom is 0.222 e. The van der Waals surface area contributed by atoms with Crippen LogP contribution < -0.4 is 5.73 Å². The van der Waals surface area contributed by atoms with Crippen molar-refractivity contribution in [3.05, 3.63) is 0 Å². The van der Waals surface area contributed by atoms with Crippen LogP contribution in [0, 0.1) is 5.92 Å². The minimum Gasteiger partial charge on any atom is -0.341 e. The second-order valence-corrected chi connectivity index (χ2v) is 7.61. The number of carbonyl (C=O) groups excluding carboxylic acids is 1. The molecule has 6 heteroatoms. The first-order valence-electron chi connectivity index (χ1n) is 7.16. The maximum atomic E-state index is 12.0. The molecule has 19 heavy (non-hydrogen) atoms. The average Bonchev–Trinajstić information content (AvgIpc) is 2.36. The van der Waals surface area contributed by atoms with Gasteiger partial charge in [-0.15, -0.1) is 0 Å². The maximum absolute atomic E-state index is 12.0. The number of rotatable bonds is 7. The monoisotopic (exact) mass is 290 g/mol. The highest BCUT2D eigenvalue weighted by atomic mass is 32.2. The Bertz CT molecular complexity index is 361. The van der Waals surface area contributed by atoms with Crippen LogP contribution in [0.25, 0.3) is 0 Å². The SMILES string of the molecule is CCCC(CCN)CCC(=O)N1CCS(=O)(=O)CC1. The van der Waals surface area contributed by atoms with E-state index in [1.807, 2.05) is 0 Å². The predicted octanol–water partition coefficient (Wildman–Crippen LogP) is 0.789. The molecule has 1 saturated heterocycles. The highest BCUT2D eigenvalue weighted by Gasteiger charge is 2.25. The smallest absolute Gasteiger partial charge is 0.222 e. The molecule has 1 unspecified atom stereocenters. The van der Waals surface area contributed by atoms with Crippen molar-refractivity contribution in [3.63, 3.8) is 0 Å². The molecule has 0 radical (unpaired) electrons. The van der Waals surface area contributed by atoms with Gasteiger partial charge < -0.3 is 10.6 Å². The molecule has 1 atom stereocenters. The molecule has 1 amide bonds. The van der Waals surface area contributed by atoms with E-state index in [1.165, 1.54) is 0 Å². The molecule has 0 saturated carbocycles. The van der Waals surface area contributed by atoms with E-state index >= 15 is 0 Å². The number of nitrogens with zero attached hydrogens (tertiary/aromatic N) is 1. The van der Waals surface area contributed by atoms with Crippen LogP contribution in [0.3, 0.4) is 0 Å². The summed E-state index contributed by atoms with van der Waals surface area (Å²) in [5.74, 6) is 0.834. The first-order chi connectivity index (χ1) is 8.98. The topological polar surface area (TPSA) is 80.5 Å². The Morgan fingerprint density at radius 2 is 1.84 bits per heavy atom. The van der Waals surface area contributed by atoms with E-state index in [1.54, 1.807) is 4.90 Å². The lowest BCUT2D eigenvalue weighted by atomic mass is 9.94. The van der Waals surface area contributed by atoms with Gasteiger partial charge in [0.1, 0.15) is 0 Å². The van der Waals surface area contributed by atoms with Crippen LogP contribution in [0.5, 0.6) is 0 Å². The first kappa shape index (κ1) is 16.4. The van der Waals surface area contributed by atoms with Crippen LogP contribution in [0.2, 0.25) is 0 Å². The van der Waals surface area contributed by atoms with Crippen molar-refractivity contribution in [2.24, 2.45) is 11.7 Å². The molecule has 1 fully saturated rings. The minimum atomic E-state index is -2.91. The molecule has 2 N–H and O–H groups in total. The molecule has 0 aromatic rings. The second kappa shape index (κ2) is 7.85. The second-order valence-electron chi connectivity index (χ2n) is 5.30. The fourth-order valence-corrected chi connectivity index (χ4v) is 3.73. The van der Waals surface area contributed by atoms with E-state index in [4.69, 9.17) is 5.73 Å². The molecular weight excluding hydrogens is 264 g/mol. The Balaban J connectivity index is 2.34. The largest absolute Gasteiger partial charge is 0.341 e. The Morgan fingerprint density at radius 1 is 1.21 bits per heavy atom. The number of carbonyl (C=O) groups is 1. The molecule has 0 bridgehead atoms. The van der Waals surface area contributed by atoms with Crippen molar-refractivity contribution in [3.8, 4) is 0 Å². The van der Waals surface area contributed by atoms with Gasteiger partial charge in [0.25, 0.3) is 0 Å². The molecule has 5 nitrogen and oxygen atoms in total. The lowest BCUT2D eigenvalue weighted by Gasteiger charge is -2.27. The zero-order chi connectivity index (χ0) is 14.3. The van der Waals surface area contributed by atoms with Gasteiger partial charge in [0.05, 0.1) is 11.5 Å². The lowest BCUT2D eigenvalue weighted by Crippen LogP contribution is -2.43. The van der Waals surface area contributed by atoms with Crippen LogP contribution >= 0.6 is 0 Å². The lowest BCUT2D eigenvalue weighted by molar-refractivity contribution is -0.131. The number of sulfone groups is 1. The summed E-state index contributed by atoms with van der Waals surface area (Å²) in [6.07, 6.45) is 4.58. The normalized spacial score (nSPS) is 20.2. The van der Waals surface area contributed by atoms with Gasteiger partial charge in [0, 0.05) is 19.5 Å². The number of hydrogen-bond donors (Lipinski definition) is 1. The molecular formula is C13H26N2O3S. The van der Waals surface area contributed by atoms with Gasteiger partial charge in [-0.3, -0.25) is 4.79 Å². The summed E-state index contributed by atoms with van der Waals surface area (Å²) < 4.78 is 22.6. The zero-order valence-corrected chi connectivity index (χ0v) is 12.6. The van der Waals surface area contributed by atoms with Crippen molar-refractivity contribution >= 4 is 15.7 Å². The van der Waals surface area contributed by atoms with E-state index in [0.717, 1.165) is 25.7 Å². The molecule has 1 aliphatic heterocycles. The van der Waals surface area contributed by atoms with Crippen molar-refractivity contribution < 1.29 is 13.2 Å². The first-order valence-corrected chi connectivity index (χ1v) is 8.99. The van der Waals surface area contributed by atoms with Crippen molar-refractivity contribution in [2.45, 2.75) is 39.0 Å². The summed E-state index contributed by atoms with van der Waals surface area (Å²) in [6, 6.07) is 0. The van der Waals surface area contributed by atoms with E-state index in [-0.39, 0.29) is 17.4 Å². The summed E-state index contributed by atoms with van der Waals surface area (Å²) in [5.41, 5.74) is 5.58. The third kappa shape index (κ3) is 5.91. The van der Waals surface area contributed by atoms with Crippen molar-refractivity contribution in [1.29, 1.82) is 0 Å². The summed E-state index contributed by atoms with van der Waals surface area (Å²) in [4.78, 5) is 13.7. The Hall–Kier alpha value is -0.620. The predicted molar refractivity (Wildman–Crippen MR) is 76.5 cm³/mol. The molecule has 1 rings (SSSR count). The van der Waals surface area contributed by atoms with E-state index in [9.17, 15) is 13.2 Å². The van der Waals surface area contributed by atoms with Gasteiger partial charge in [0.15, 0.2) is 9.84 Å². The van der Waals surface area contributed by atoms with Gasteiger partial charge >= 0.3 is 0 Å². The molecule has 0 spiro atoms. The van der Waals surface area contributed by atoms with Crippen LogP contribution in [0.15, 0.2) is 0 Å². The summed E-state index contributed by atoms with van der Waals surface area (Å²) in [6.45, 7) is 3.52. The number of nitrogens with two attached hydrogens (primary N) is 1. The Kier molecular flexibility index (Phi) is 6.79. The number of amides is 1. The average molecular weight is 290 g/mol. The van der Waals surface area contributed by atoms with Crippen LogP contribution in [0.1, 0.15) is 39.0 Å². The highest BCUT2D eigenvalue weighted by Crippen LogP contribution is 2.18. The zero-order valence-electron chi connectivity index (χ0n) is 11.8. The molecule has 1 aliphatic rings. The highest BCUT2D eigenvalue weighted by molar-refractivity contribution is 7.91. The van der Waals surface area contributed by atoms with Crippen LogP contribution in [0.4, 0.5) is 0 Å². The summed E-state index contributed by atoms with van der Waals surface area (Å²) in [7, 11) is -2.91. The molecule has 0 aliphatic carbocycles. The van der Waals surface area contributed by atoms with E-state index < -0.39 is 9.84 Å².